The smallest absolute Gasteiger partial charge is 0.236 e. The Labute approximate surface area is 97.4 Å². The van der Waals surface area contributed by atoms with Gasteiger partial charge in [-0.05, 0) is 13.3 Å². The van der Waals surface area contributed by atoms with E-state index in [-0.39, 0.29) is 24.4 Å². The molecular weight excluding hydrogens is 206 g/mol. The zero-order chi connectivity index (χ0) is 12.4. The van der Waals surface area contributed by atoms with Gasteiger partial charge in [0.25, 0.3) is 0 Å². The first kappa shape index (κ1) is 14.9. The molecule has 0 aliphatic rings. The maximum atomic E-state index is 11.5. The highest BCUT2D eigenvalue weighted by molar-refractivity contribution is 5.83. The van der Waals surface area contributed by atoms with Crippen molar-refractivity contribution < 1.29 is 9.59 Å². The van der Waals surface area contributed by atoms with Gasteiger partial charge in [-0.25, -0.2) is 0 Å². The van der Waals surface area contributed by atoms with Crippen molar-refractivity contribution in [2.75, 3.05) is 20.1 Å². The fraction of sp³-hybridized carbons (Fsp3) is 0.818. The predicted molar refractivity (Wildman–Crippen MR) is 64.1 cm³/mol. The highest BCUT2D eigenvalue weighted by atomic mass is 16.2. The normalized spacial score (nSPS) is 11.9. The maximum absolute atomic E-state index is 11.5. The Morgan fingerprint density at radius 2 is 1.94 bits per heavy atom. The van der Waals surface area contributed by atoms with Crippen molar-refractivity contribution in [3.8, 4) is 0 Å². The summed E-state index contributed by atoms with van der Waals surface area (Å²) < 4.78 is 0. The first-order valence-corrected chi connectivity index (χ1v) is 5.83. The lowest BCUT2D eigenvalue weighted by molar-refractivity contribution is -0.123. The Morgan fingerprint density at radius 3 is 2.50 bits per heavy atom. The summed E-state index contributed by atoms with van der Waals surface area (Å²) in [5, 5.41) is 8.16. The molecule has 0 saturated carbocycles. The number of carbonyl (C=O) groups excluding carboxylic acids is 2. The molecule has 5 nitrogen and oxygen atoms in total. The molecule has 1 unspecified atom stereocenters. The van der Waals surface area contributed by atoms with Crippen molar-refractivity contribution in [2.24, 2.45) is 0 Å². The monoisotopic (exact) mass is 229 g/mol. The summed E-state index contributed by atoms with van der Waals surface area (Å²) in [6.45, 7) is 4.74. The number of nitrogens with one attached hydrogen (secondary N) is 3. The molecular formula is C11H23N3O2. The highest BCUT2D eigenvalue weighted by Crippen LogP contribution is 1.91. The molecule has 2 amide bonds. The molecule has 0 rings (SSSR count). The summed E-state index contributed by atoms with van der Waals surface area (Å²) in [5.41, 5.74) is 0. The lowest BCUT2D eigenvalue weighted by Gasteiger charge is -2.13. The van der Waals surface area contributed by atoms with E-state index in [1.165, 1.54) is 0 Å². The van der Waals surface area contributed by atoms with E-state index in [0.717, 1.165) is 19.3 Å². The number of amides is 2. The molecule has 94 valence electrons. The number of hydrogen-bond acceptors (Lipinski definition) is 3. The van der Waals surface area contributed by atoms with Crippen LogP contribution in [0.3, 0.4) is 0 Å². The van der Waals surface area contributed by atoms with Crippen molar-refractivity contribution in [3.63, 3.8) is 0 Å². The molecule has 0 spiro atoms. The Kier molecular flexibility index (Phi) is 8.52. The second-order valence-corrected chi connectivity index (χ2v) is 3.77. The van der Waals surface area contributed by atoms with E-state index in [1.807, 2.05) is 0 Å². The summed E-state index contributed by atoms with van der Waals surface area (Å²) in [7, 11) is 1.57. The van der Waals surface area contributed by atoms with Gasteiger partial charge in [-0.2, -0.15) is 0 Å². The topological polar surface area (TPSA) is 70.2 Å². The number of unbranched alkanes of at least 4 members (excludes halogenated alkanes) is 2. The molecule has 0 aliphatic heterocycles. The van der Waals surface area contributed by atoms with Crippen LogP contribution in [0.4, 0.5) is 0 Å². The molecule has 0 radical (unpaired) electrons. The first-order chi connectivity index (χ1) is 7.61. The molecule has 1 atom stereocenters. The molecule has 5 heteroatoms. The third-order valence-corrected chi connectivity index (χ3v) is 2.32. The van der Waals surface area contributed by atoms with E-state index in [2.05, 4.69) is 22.9 Å². The Bertz CT molecular complexity index is 219. The van der Waals surface area contributed by atoms with E-state index in [9.17, 15) is 9.59 Å². The molecule has 0 heterocycles. The molecule has 0 bridgehead atoms. The molecule has 0 fully saturated rings. The number of hydrogen-bond donors (Lipinski definition) is 3. The summed E-state index contributed by atoms with van der Waals surface area (Å²) >= 11 is 0. The fourth-order valence-corrected chi connectivity index (χ4v) is 1.17. The summed E-state index contributed by atoms with van der Waals surface area (Å²) in [5.74, 6) is -0.175. The van der Waals surface area contributed by atoms with Crippen LogP contribution in [0, 0.1) is 0 Å². The van der Waals surface area contributed by atoms with Crippen LogP contribution in [0.1, 0.15) is 33.1 Å². The molecule has 0 aliphatic carbocycles. The molecule has 0 aromatic carbocycles. The van der Waals surface area contributed by atoms with Gasteiger partial charge in [0.15, 0.2) is 0 Å². The third-order valence-electron chi connectivity index (χ3n) is 2.32. The van der Waals surface area contributed by atoms with Crippen LogP contribution in [-0.4, -0.2) is 38.0 Å². The van der Waals surface area contributed by atoms with E-state index in [1.54, 1.807) is 14.0 Å². The molecule has 0 aromatic heterocycles. The van der Waals surface area contributed by atoms with Crippen molar-refractivity contribution >= 4 is 11.8 Å². The Morgan fingerprint density at radius 1 is 1.25 bits per heavy atom. The van der Waals surface area contributed by atoms with Gasteiger partial charge >= 0.3 is 0 Å². The SMILES string of the molecule is CCCCCNC(=O)C(C)NCC(=O)NC. The highest BCUT2D eigenvalue weighted by Gasteiger charge is 2.12. The van der Waals surface area contributed by atoms with Gasteiger partial charge in [-0.1, -0.05) is 19.8 Å². The largest absolute Gasteiger partial charge is 0.358 e. The average Bonchev–Trinajstić information content (AvgIpc) is 2.30. The second kappa shape index (κ2) is 9.15. The van der Waals surface area contributed by atoms with E-state index < -0.39 is 0 Å². The zero-order valence-electron chi connectivity index (χ0n) is 10.4. The van der Waals surface area contributed by atoms with E-state index >= 15 is 0 Å². The minimum Gasteiger partial charge on any atom is -0.358 e. The summed E-state index contributed by atoms with van der Waals surface area (Å²) in [4.78, 5) is 22.4. The minimum absolute atomic E-state index is 0.0555. The Hall–Kier alpha value is -1.10. The average molecular weight is 229 g/mol. The van der Waals surface area contributed by atoms with Gasteiger partial charge in [0.2, 0.25) is 11.8 Å². The molecule has 16 heavy (non-hydrogen) atoms. The summed E-state index contributed by atoms with van der Waals surface area (Å²) in [6, 6.07) is -0.334. The van der Waals surface area contributed by atoms with Crippen LogP contribution in [-0.2, 0) is 9.59 Å². The van der Waals surface area contributed by atoms with Crippen molar-refractivity contribution in [3.05, 3.63) is 0 Å². The predicted octanol–water partition coefficient (Wildman–Crippen LogP) is 0.0169. The minimum atomic E-state index is -0.334. The van der Waals surface area contributed by atoms with Crippen LogP contribution in [0.5, 0.6) is 0 Å². The van der Waals surface area contributed by atoms with Crippen LogP contribution in [0.2, 0.25) is 0 Å². The quantitative estimate of drug-likeness (QED) is 0.514. The van der Waals surface area contributed by atoms with E-state index in [4.69, 9.17) is 0 Å². The standard InChI is InChI=1S/C11H23N3O2/c1-4-5-6-7-13-11(16)9(2)14-8-10(15)12-3/h9,14H,4-8H2,1-3H3,(H,12,15)(H,13,16). The second-order valence-electron chi connectivity index (χ2n) is 3.77. The van der Waals surface area contributed by atoms with Gasteiger partial charge < -0.3 is 10.6 Å². The van der Waals surface area contributed by atoms with Crippen LogP contribution in [0.25, 0.3) is 0 Å². The van der Waals surface area contributed by atoms with Gasteiger partial charge in [0.05, 0.1) is 12.6 Å². The maximum Gasteiger partial charge on any atom is 0.236 e. The van der Waals surface area contributed by atoms with Crippen LogP contribution < -0.4 is 16.0 Å². The van der Waals surface area contributed by atoms with Gasteiger partial charge in [-0.3, -0.25) is 14.9 Å². The molecule has 0 saturated heterocycles. The molecule has 0 aromatic rings. The third kappa shape index (κ3) is 7.23. The van der Waals surface area contributed by atoms with Gasteiger partial charge in [0, 0.05) is 13.6 Å². The lowest BCUT2D eigenvalue weighted by Crippen LogP contribution is -2.45. The fourth-order valence-electron chi connectivity index (χ4n) is 1.17. The lowest BCUT2D eigenvalue weighted by atomic mass is 10.2. The van der Waals surface area contributed by atoms with Gasteiger partial charge in [-0.15, -0.1) is 0 Å². The number of rotatable bonds is 8. The Balaban J connectivity index is 3.61. The summed E-state index contributed by atoms with van der Waals surface area (Å²) in [6.07, 6.45) is 3.27. The number of carbonyl (C=O) groups is 2. The van der Waals surface area contributed by atoms with Crippen LogP contribution in [0.15, 0.2) is 0 Å². The number of likely N-dealkylation sites (N-methyl/N-ethyl adjacent to an activating group) is 1. The van der Waals surface area contributed by atoms with Gasteiger partial charge in [0.1, 0.15) is 0 Å². The zero-order valence-corrected chi connectivity index (χ0v) is 10.4. The van der Waals surface area contributed by atoms with E-state index in [0.29, 0.717) is 6.54 Å². The van der Waals surface area contributed by atoms with Crippen molar-refractivity contribution in [2.45, 2.75) is 39.2 Å². The molecule has 3 N–H and O–H groups in total. The van der Waals surface area contributed by atoms with Crippen molar-refractivity contribution in [1.82, 2.24) is 16.0 Å². The first-order valence-electron chi connectivity index (χ1n) is 5.83. The van der Waals surface area contributed by atoms with Crippen LogP contribution >= 0.6 is 0 Å². The van der Waals surface area contributed by atoms with Crippen molar-refractivity contribution in [1.29, 1.82) is 0 Å².